The van der Waals surface area contributed by atoms with Gasteiger partial charge in [-0.15, -0.1) is 0 Å². The Kier molecular flexibility index (Phi) is 6.62. The molecule has 3 rings (SSSR count). The van der Waals surface area contributed by atoms with E-state index in [1.54, 1.807) is 26.2 Å². The Balaban J connectivity index is 1.84. The number of hydrogen-bond donors (Lipinski definition) is 0. The highest BCUT2D eigenvalue weighted by Gasteiger charge is 2.18. The molecule has 0 heterocycles. The molecule has 0 atom stereocenters. The van der Waals surface area contributed by atoms with Crippen LogP contribution in [0.4, 0.5) is 0 Å². The summed E-state index contributed by atoms with van der Waals surface area (Å²) in [6.45, 7) is 2.25. The van der Waals surface area contributed by atoms with Gasteiger partial charge in [0.25, 0.3) is 0 Å². The van der Waals surface area contributed by atoms with Crippen LogP contribution in [0.15, 0.2) is 89.8 Å². The summed E-state index contributed by atoms with van der Waals surface area (Å²) in [4.78, 5) is 2.65. The second-order valence-electron chi connectivity index (χ2n) is 7.05. The van der Waals surface area contributed by atoms with Gasteiger partial charge in [-0.25, -0.2) is 12.7 Å². The van der Waals surface area contributed by atoms with Gasteiger partial charge < -0.3 is 0 Å². The molecule has 0 aromatic heterocycles. The van der Waals surface area contributed by atoms with Crippen LogP contribution in [0.3, 0.4) is 0 Å². The lowest BCUT2D eigenvalue weighted by atomic mass is 10.1. The van der Waals surface area contributed by atoms with Gasteiger partial charge in [-0.1, -0.05) is 72.8 Å². The second kappa shape index (κ2) is 9.15. The van der Waals surface area contributed by atoms with E-state index in [0.29, 0.717) is 11.4 Å². The molecule has 0 bridgehead atoms. The molecule has 0 saturated carbocycles. The third kappa shape index (κ3) is 5.29. The van der Waals surface area contributed by atoms with Crippen LogP contribution >= 0.6 is 0 Å². The maximum absolute atomic E-state index is 12.5. The molecule has 0 aliphatic rings. The third-order valence-electron chi connectivity index (χ3n) is 4.58. The molecular weight excluding hydrogens is 368 g/mol. The molecule has 0 spiro atoms. The first-order chi connectivity index (χ1) is 13.4. The summed E-state index contributed by atoms with van der Waals surface area (Å²) in [7, 11) is -0.329. The normalized spacial score (nSPS) is 11.9. The van der Waals surface area contributed by atoms with Gasteiger partial charge in [0.1, 0.15) is 0 Å². The molecule has 5 heteroatoms. The Morgan fingerprint density at radius 2 is 1.11 bits per heavy atom. The Labute approximate surface area is 168 Å². The second-order valence-corrected chi connectivity index (χ2v) is 9.20. The number of hydrogen-bond acceptors (Lipinski definition) is 3. The van der Waals surface area contributed by atoms with Gasteiger partial charge in [0.2, 0.25) is 10.0 Å². The average molecular weight is 395 g/mol. The van der Waals surface area contributed by atoms with Crippen molar-refractivity contribution in [3.63, 3.8) is 0 Å². The lowest BCUT2D eigenvalue weighted by Gasteiger charge is -2.23. The predicted molar refractivity (Wildman–Crippen MR) is 113 cm³/mol. The summed E-state index contributed by atoms with van der Waals surface area (Å²) in [5.74, 6) is 0. The molecule has 3 aromatic carbocycles. The molecule has 0 aliphatic carbocycles. The van der Waals surface area contributed by atoms with E-state index < -0.39 is 10.0 Å². The summed E-state index contributed by atoms with van der Waals surface area (Å²) >= 11 is 0. The largest absolute Gasteiger partial charge is 0.291 e. The minimum Gasteiger partial charge on any atom is -0.291 e. The summed E-state index contributed by atoms with van der Waals surface area (Å²) in [6, 6.07) is 27.9. The van der Waals surface area contributed by atoms with E-state index >= 15 is 0 Å². The molecule has 0 radical (unpaired) electrons. The van der Waals surface area contributed by atoms with E-state index in [4.69, 9.17) is 0 Å². The first-order valence-corrected chi connectivity index (χ1v) is 10.7. The summed E-state index contributed by atoms with van der Waals surface area (Å²) < 4.78 is 26.2. The first-order valence-electron chi connectivity index (χ1n) is 9.27. The van der Waals surface area contributed by atoms with Crippen molar-refractivity contribution in [2.24, 2.45) is 0 Å². The van der Waals surface area contributed by atoms with Crippen molar-refractivity contribution >= 4 is 10.0 Å². The third-order valence-corrected chi connectivity index (χ3v) is 6.39. The predicted octanol–water partition coefficient (Wildman–Crippen LogP) is 4.14. The van der Waals surface area contributed by atoms with E-state index in [2.05, 4.69) is 29.2 Å². The van der Waals surface area contributed by atoms with Crippen LogP contribution in [-0.2, 0) is 29.7 Å². The summed E-state index contributed by atoms with van der Waals surface area (Å²) in [5.41, 5.74) is 3.45. The Bertz CT molecular complexity index is 946. The number of nitrogens with zero attached hydrogens (tertiary/aromatic N) is 2. The summed E-state index contributed by atoms with van der Waals surface area (Å²) in [5, 5.41) is 0. The van der Waals surface area contributed by atoms with Gasteiger partial charge in [0.15, 0.2) is 0 Å². The van der Waals surface area contributed by atoms with Crippen LogP contribution in [-0.4, -0.2) is 31.7 Å². The molecule has 28 heavy (non-hydrogen) atoms. The molecule has 0 N–H and O–H groups in total. The van der Waals surface area contributed by atoms with E-state index in [-0.39, 0.29) is 0 Å². The molecule has 0 fully saturated rings. The van der Waals surface area contributed by atoms with Crippen molar-refractivity contribution in [3.05, 3.63) is 102 Å². The number of benzene rings is 3. The Morgan fingerprint density at radius 3 is 1.61 bits per heavy atom. The van der Waals surface area contributed by atoms with Gasteiger partial charge in [-0.05, 0) is 28.8 Å². The smallest absolute Gasteiger partial charge is 0.242 e. The molecule has 4 nitrogen and oxygen atoms in total. The van der Waals surface area contributed by atoms with E-state index in [1.807, 2.05) is 48.5 Å². The van der Waals surface area contributed by atoms with Crippen molar-refractivity contribution in [3.8, 4) is 0 Å². The van der Waals surface area contributed by atoms with Gasteiger partial charge in [0, 0.05) is 33.7 Å². The maximum atomic E-state index is 12.5. The first kappa shape index (κ1) is 20.3. The maximum Gasteiger partial charge on any atom is 0.242 e. The zero-order valence-corrected chi connectivity index (χ0v) is 17.1. The molecule has 0 amide bonds. The quantitative estimate of drug-likeness (QED) is 0.577. The molecule has 146 valence electrons. The van der Waals surface area contributed by atoms with Gasteiger partial charge in [0.05, 0.1) is 4.90 Å². The minimum atomic E-state index is -3.44. The molecule has 0 unspecified atom stereocenters. The van der Waals surface area contributed by atoms with E-state index in [0.717, 1.165) is 18.7 Å². The molecule has 3 aromatic rings. The Morgan fingerprint density at radius 1 is 0.643 bits per heavy atom. The van der Waals surface area contributed by atoms with Crippen molar-refractivity contribution in [1.82, 2.24) is 9.21 Å². The molecule has 0 aliphatic heterocycles. The fraction of sp³-hybridized carbons (Fsp3) is 0.217. The minimum absolute atomic E-state index is 0.328. The van der Waals surface area contributed by atoms with Gasteiger partial charge in [-0.2, -0.15) is 0 Å². The van der Waals surface area contributed by atoms with Gasteiger partial charge in [-0.3, -0.25) is 4.90 Å². The SMILES string of the molecule is CN(C)S(=O)(=O)c1cccc(CN(Cc2ccccc2)Cc2ccccc2)c1. The standard InChI is InChI=1S/C23H26N2O2S/c1-24(2)28(26,27)23-15-9-14-22(16-23)19-25(17-20-10-5-3-6-11-20)18-21-12-7-4-8-13-21/h3-16H,17-19H2,1-2H3. The summed E-state index contributed by atoms with van der Waals surface area (Å²) in [6.07, 6.45) is 0. The fourth-order valence-electron chi connectivity index (χ4n) is 3.12. The topological polar surface area (TPSA) is 40.6 Å². The van der Waals surface area contributed by atoms with Crippen LogP contribution in [0.5, 0.6) is 0 Å². The fourth-order valence-corrected chi connectivity index (χ4v) is 4.10. The van der Waals surface area contributed by atoms with Crippen molar-refractivity contribution < 1.29 is 8.42 Å². The zero-order chi connectivity index (χ0) is 20.0. The van der Waals surface area contributed by atoms with Crippen LogP contribution < -0.4 is 0 Å². The number of rotatable bonds is 8. The highest BCUT2D eigenvalue weighted by molar-refractivity contribution is 7.89. The lowest BCUT2D eigenvalue weighted by molar-refractivity contribution is 0.247. The van der Waals surface area contributed by atoms with E-state index in [9.17, 15) is 8.42 Å². The highest BCUT2D eigenvalue weighted by atomic mass is 32.2. The highest BCUT2D eigenvalue weighted by Crippen LogP contribution is 2.18. The molecule has 0 saturated heterocycles. The Hall–Kier alpha value is -2.47. The van der Waals surface area contributed by atoms with Crippen molar-refractivity contribution in [1.29, 1.82) is 0 Å². The van der Waals surface area contributed by atoms with Crippen molar-refractivity contribution in [2.45, 2.75) is 24.5 Å². The van der Waals surface area contributed by atoms with Crippen LogP contribution in [0.2, 0.25) is 0 Å². The monoisotopic (exact) mass is 394 g/mol. The average Bonchev–Trinajstić information content (AvgIpc) is 2.69. The van der Waals surface area contributed by atoms with Crippen LogP contribution in [0.1, 0.15) is 16.7 Å². The lowest BCUT2D eigenvalue weighted by Crippen LogP contribution is -2.24. The van der Waals surface area contributed by atoms with Crippen LogP contribution in [0, 0.1) is 0 Å². The van der Waals surface area contributed by atoms with Crippen LogP contribution in [0.25, 0.3) is 0 Å². The number of sulfonamides is 1. The van der Waals surface area contributed by atoms with Crippen molar-refractivity contribution in [2.75, 3.05) is 14.1 Å². The molecular formula is C23H26N2O2S. The van der Waals surface area contributed by atoms with Gasteiger partial charge >= 0.3 is 0 Å². The van der Waals surface area contributed by atoms with E-state index in [1.165, 1.54) is 15.4 Å². The zero-order valence-electron chi connectivity index (χ0n) is 16.3.